The Bertz CT molecular complexity index is 791. The van der Waals surface area contributed by atoms with Gasteiger partial charge in [-0.1, -0.05) is 11.6 Å². The third-order valence-corrected chi connectivity index (χ3v) is 4.28. The molecular formula is C12H10ClN3O4S. The zero-order valence-corrected chi connectivity index (χ0v) is 12.1. The number of anilines is 2. The number of non-ortho nitro benzene ring substituents is 1. The third kappa shape index (κ3) is 3.41. The Morgan fingerprint density at radius 3 is 2.33 bits per heavy atom. The van der Waals surface area contributed by atoms with E-state index in [9.17, 15) is 18.5 Å². The van der Waals surface area contributed by atoms with Crippen LogP contribution in [0.25, 0.3) is 0 Å². The Hall–Kier alpha value is -2.32. The second-order valence-corrected chi connectivity index (χ2v) is 6.18. The molecule has 0 amide bonds. The molecule has 0 aromatic heterocycles. The summed E-state index contributed by atoms with van der Waals surface area (Å²) in [5.41, 5.74) is 5.42. The second kappa shape index (κ2) is 5.58. The number of rotatable bonds is 4. The second-order valence-electron chi connectivity index (χ2n) is 4.09. The molecular weight excluding hydrogens is 318 g/mol. The Kier molecular flexibility index (Phi) is 4.01. The molecule has 2 aromatic carbocycles. The van der Waals surface area contributed by atoms with Crippen LogP contribution in [0.1, 0.15) is 0 Å². The Morgan fingerprint density at radius 2 is 1.76 bits per heavy atom. The van der Waals surface area contributed by atoms with Gasteiger partial charge in [0.15, 0.2) is 0 Å². The molecule has 0 saturated carbocycles. The number of nitrogen functional groups attached to an aromatic ring is 1. The molecule has 0 aliphatic carbocycles. The summed E-state index contributed by atoms with van der Waals surface area (Å²) in [6.07, 6.45) is 0. The average Bonchev–Trinajstić information content (AvgIpc) is 2.41. The van der Waals surface area contributed by atoms with Crippen LogP contribution in [0.4, 0.5) is 17.1 Å². The minimum Gasteiger partial charge on any atom is -0.398 e. The molecule has 21 heavy (non-hydrogen) atoms. The highest BCUT2D eigenvalue weighted by atomic mass is 35.5. The molecule has 0 aliphatic rings. The van der Waals surface area contributed by atoms with Crippen LogP contribution in [-0.4, -0.2) is 13.3 Å². The molecule has 0 unspecified atom stereocenters. The average molecular weight is 328 g/mol. The predicted octanol–water partition coefficient (Wildman–Crippen LogP) is 2.63. The van der Waals surface area contributed by atoms with Gasteiger partial charge in [-0.05, 0) is 30.3 Å². The van der Waals surface area contributed by atoms with Gasteiger partial charge in [0, 0.05) is 22.8 Å². The number of halogens is 1. The van der Waals surface area contributed by atoms with Crippen molar-refractivity contribution in [1.29, 1.82) is 0 Å². The lowest BCUT2D eigenvalue weighted by atomic mass is 10.3. The minimum absolute atomic E-state index is 0.0814. The van der Waals surface area contributed by atoms with Gasteiger partial charge in [-0.2, -0.15) is 0 Å². The maximum Gasteiger partial charge on any atom is 0.270 e. The van der Waals surface area contributed by atoms with E-state index in [4.69, 9.17) is 17.3 Å². The van der Waals surface area contributed by atoms with E-state index in [0.29, 0.717) is 5.02 Å². The van der Waals surface area contributed by atoms with Crippen LogP contribution in [0.3, 0.4) is 0 Å². The first-order chi connectivity index (χ1) is 9.79. The molecule has 0 radical (unpaired) electrons. The van der Waals surface area contributed by atoms with Gasteiger partial charge in [-0.25, -0.2) is 8.42 Å². The van der Waals surface area contributed by atoms with Crippen LogP contribution in [0.15, 0.2) is 47.4 Å². The zero-order chi connectivity index (χ0) is 15.6. The van der Waals surface area contributed by atoms with Crippen molar-refractivity contribution < 1.29 is 13.3 Å². The van der Waals surface area contributed by atoms with E-state index in [2.05, 4.69) is 4.72 Å². The van der Waals surface area contributed by atoms with Crippen LogP contribution >= 0.6 is 11.6 Å². The maximum absolute atomic E-state index is 12.2. The molecule has 0 aliphatic heterocycles. The molecule has 2 aromatic rings. The first-order valence-electron chi connectivity index (χ1n) is 5.62. The first kappa shape index (κ1) is 15.1. The van der Waals surface area contributed by atoms with Gasteiger partial charge < -0.3 is 5.73 Å². The Balaban J connectivity index is 2.41. The van der Waals surface area contributed by atoms with Crippen molar-refractivity contribution >= 4 is 38.7 Å². The van der Waals surface area contributed by atoms with Crippen molar-refractivity contribution in [2.75, 3.05) is 10.5 Å². The number of benzene rings is 2. The van der Waals surface area contributed by atoms with Gasteiger partial charge in [0.2, 0.25) is 0 Å². The molecule has 0 saturated heterocycles. The number of nitro benzene ring substituents is 1. The summed E-state index contributed by atoms with van der Waals surface area (Å²) in [5, 5.41) is 11.2. The molecule has 110 valence electrons. The van der Waals surface area contributed by atoms with Gasteiger partial charge in [0.1, 0.15) is 4.90 Å². The van der Waals surface area contributed by atoms with Crippen molar-refractivity contribution in [2.24, 2.45) is 0 Å². The molecule has 0 spiro atoms. The SMILES string of the molecule is Nc1ccc([N+](=O)[O-])cc1S(=O)(=O)Nc1ccc(Cl)cc1. The fraction of sp³-hybridized carbons (Fsp3) is 0. The highest BCUT2D eigenvalue weighted by Crippen LogP contribution is 2.26. The summed E-state index contributed by atoms with van der Waals surface area (Å²) in [6, 6.07) is 9.17. The summed E-state index contributed by atoms with van der Waals surface area (Å²) in [5.74, 6) is 0. The summed E-state index contributed by atoms with van der Waals surface area (Å²) in [7, 11) is -4.04. The van der Waals surface area contributed by atoms with Crippen LogP contribution in [0.2, 0.25) is 5.02 Å². The molecule has 0 heterocycles. The summed E-state index contributed by atoms with van der Waals surface area (Å²) < 4.78 is 26.8. The van der Waals surface area contributed by atoms with Crippen LogP contribution in [0.5, 0.6) is 0 Å². The first-order valence-corrected chi connectivity index (χ1v) is 7.48. The molecule has 0 atom stereocenters. The lowest BCUT2D eigenvalue weighted by Crippen LogP contribution is -2.15. The Morgan fingerprint density at radius 1 is 1.14 bits per heavy atom. The number of hydrogen-bond acceptors (Lipinski definition) is 5. The lowest BCUT2D eigenvalue weighted by Gasteiger charge is -2.10. The van der Waals surface area contributed by atoms with Gasteiger partial charge >= 0.3 is 0 Å². The molecule has 7 nitrogen and oxygen atoms in total. The predicted molar refractivity (Wildman–Crippen MR) is 79.8 cm³/mol. The standard InChI is InChI=1S/C12H10ClN3O4S/c13-8-1-3-9(4-2-8)15-21(19,20)12-7-10(16(17)18)5-6-11(12)14/h1-7,15H,14H2. The van der Waals surface area contributed by atoms with E-state index >= 15 is 0 Å². The maximum atomic E-state index is 12.2. The minimum atomic E-state index is -4.04. The summed E-state index contributed by atoms with van der Waals surface area (Å²) in [4.78, 5) is 9.67. The number of nitrogens with one attached hydrogen (secondary N) is 1. The van der Waals surface area contributed by atoms with E-state index in [1.807, 2.05) is 0 Å². The number of hydrogen-bond donors (Lipinski definition) is 2. The molecule has 0 bridgehead atoms. The smallest absolute Gasteiger partial charge is 0.270 e. The summed E-state index contributed by atoms with van der Waals surface area (Å²) >= 11 is 5.71. The largest absolute Gasteiger partial charge is 0.398 e. The fourth-order valence-electron chi connectivity index (χ4n) is 1.60. The third-order valence-electron chi connectivity index (χ3n) is 2.59. The van der Waals surface area contributed by atoms with Crippen molar-refractivity contribution in [3.05, 3.63) is 57.6 Å². The fourth-order valence-corrected chi connectivity index (χ4v) is 2.93. The Labute approximate surface area is 125 Å². The van der Waals surface area contributed by atoms with Gasteiger partial charge in [0.25, 0.3) is 15.7 Å². The van der Waals surface area contributed by atoms with E-state index in [1.54, 1.807) is 0 Å². The van der Waals surface area contributed by atoms with Crippen molar-refractivity contribution in [3.63, 3.8) is 0 Å². The molecule has 3 N–H and O–H groups in total. The van der Waals surface area contributed by atoms with Crippen molar-refractivity contribution in [2.45, 2.75) is 4.90 Å². The van der Waals surface area contributed by atoms with Gasteiger partial charge in [-0.3, -0.25) is 14.8 Å². The number of nitrogens with two attached hydrogens (primary N) is 1. The van der Waals surface area contributed by atoms with Gasteiger partial charge in [-0.15, -0.1) is 0 Å². The lowest BCUT2D eigenvalue weighted by molar-refractivity contribution is -0.385. The van der Waals surface area contributed by atoms with Crippen molar-refractivity contribution in [1.82, 2.24) is 0 Å². The van der Waals surface area contributed by atoms with Crippen LogP contribution in [0, 0.1) is 10.1 Å². The van der Waals surface area contributed by atoms with Crippen LogP contribution < -0.4 is 10.5 Å². The number of nitro groups is 1. The number of sulfonamides is 1. The van der Waals surface area contributed by atoms with E-state index in [1.165, 1.54) is 30.3 Å². The van der Waals surface area contributed by atoms with E-state index in [0.717, 1.165) is 12.1 Å². The van der Waals surface area contributed by atoms with Crippen LogP contribution in [-0.2, 0) is 10.0 Å². The zero-order valence-electron chi connectivity index (χ0n) is 10.5. The van der Waals surface area contributed by atoms with Crippen molar-refractivity contribution in [3.8, 4) is 0 Å². The summed E-state index contributed by atoms with van der Waals surface area (Å²) in [6.45, 7) is 0. The van der Waals surface area contributed by atoms with E-state index in [-0.39, 0.29) is 22.0 Å². The highest BCUT2D eigenvalue weighted by molar-refractivity contribution is 7.92. The monoisotopic (exact) mass is 327 g/mol. The number of nitrogens with zero attached hydrogens (tertiary/aromatic N) is 1. The quantitative estimate of drug-likeness (QED) is 0.508. The molecule has 2 rings (SSSR count). The highest BCUT2D eigenvalue weighted by Gasteiger charge is 2.21. The van der Waals surface area contributed by atoms with Gasteiger partial charge in [0.05, 0.1) is 10.6 Å². The molecule has 9 heteroatoms. The van der Waals surface area contributed by atoms with E-state index < -0.39 is 14.9 Å². The normalized spacial score (nSPS) is 11.1. The molecule has 0 fully saturated rings. The topological polar surface area (TPSA) is 115 Å².